The molecule has 17 nitrogen and oxygen atoms in total. The quantitative estimate of drug-likeness (QED) is 0.0683. The molecule has 0 unspecified atom stereocenters. The number of fused-ring (bicyclic) bond motifs is 3. The lowest BCUT2D eigenvalue weighted by molar-refractivity contribution is -0.384. The summed E-state index contributed by atoms with van der Waals surface area (Å²) < 4.78 is 49.4. The van der Waals surface area contributed by atoms with Crippen LogP contribution in [0.4, 0.5) is 28.4 Å². The zero-order chi connectivity index (χ0) is 49.9. The molecule has 2 aliphatic carbocycles. The van der Waals surface area contributed by atoms with Crippen molar-refractivity contribution in [3.8, 4) is 5.88 Å². The minimum atomic E-state index is -4.62. The summed E-state index contributed by atoms with van der Waals surface area (Å²) in [7, 11) is -4.62. The van der Waals surface area contributed by atoms with E-state index in [1.807, 2.05) is 42.3 Å². The molecule has 2 saturated carbocycles. The maximum absolute atomic E-state index is 14.7. The van der Waals surface area contributed by atoms with Gasteiger partial charge in [-0.05, 0) is 129 Å². The number of aromatic amines is 1. The molecule has 72 heavy (non-hydrogen) atoms. The lowest BCUT2D eigenvalue weighted by atomic mass is 9.59. The number of carbonyl (C=O) groups is 1. The van der Waals surface area contributed by atoms with Gasteiger partial charge in [0.1, 0.15) is 23.1 Å². The summed E-state index contributed by atoms with van der Waals surface area (Å²) in [5.41, 5.74) is 4.80. The number of aliphatic hydroxyl groups is 1. The number of piperidine rings is 1. The van der Waals surface area contributed by atoms with Crippen molar-refractivity contribution in [2.75, 3.05) is 67.7 Å². The average molecular weight is 1000 g/mol. The molecule has 0 bridgehead atoms. The van der Waals surface area contributed by atoms with E-state index >= 15 is 0 Å². The first-order chi connectivity index (χ1) is 34.6. The van der Waals surface area contributed by atoms with E-state index in [4.69, 9.17) is 19.2 Å². The van der Waals surface area contributed by atoms with Crippen molar-refractivity contribution in [3.05, 3.63) is 106 Å². The standard InChI is InChI=1S/C54H66N8O9S/c1-34(2)40-6-4-5-7-41(40)47-32-70-25-23-60(47)38-29-54(30-38)18-21-59(22-19-54)37-8-10-42(44(27-37)61-46-26-36-14-20-55-50(36)57-52(46)71-49-15-24-69-33-48(49)61)51(63)58-72(67,68)39-9-11-43(45(28-39)62(65)66)56-31-35-12-16-53(3,64)17-13-35/h4-11,14,20,26-28,34-35,38,47-49,56,64H,12-13,15-19,21-25,29-33H2,1-3H3,(H,55,57)(H,58,63)/t35?,47-,48+,49+,53?/m0/s1. The number of benzene rings is 3. The molecule has 5 aromatic rings. The normalized spacial score (nSPS) is 25.6. The number of hydrogen-bond donors (Lipinski definition) is 4. The van der Waals surface area contributed by atoms with E-state index in [1.165, 1.54) is 23.3 Å². The van der Waals surface area contributed by atoms with Crippen molar-refractivity contribution in [2.45, 2.75) is 119 Å². The van der Waals surface area contributed by atoms with E-state index in [0.29, 0.717) is 80.5 Å². The molecule has 4 aliphatic heterocycles. The molecule has 18 heteroatoms. The van der Waals surface area contributed by atoms with Gasteiger partial charge in [-0.3, -0.25) is 19.8 Å². The Balaban J connectivity index is 0.864. The van der Waals surface area contributed by atoms with Gasteiger partial charge in [0.15, 0.2) is 0 Å². The number of aromatic nitrogens is 2. The first-order valence-corrected chi connectivity index (χ1v) is 27.3. The Kier molecular flexibility index (Phi) is 13.0. The number of anilines is 4. The Morgan fingerprint density at radius 3 is 2.50 bits per heavy atom. The highest BCUT2D eigenvalue weighted by Crippen LogP contribution is 2.54. The van der Waals surface area contributed by atoms with E-state index in [-0.39, 0.29) is 40.8 Å². The molecule has 3 aromatic carbocycles. The van der Waals surface area contributed by atoms with Crippen LogP contribution >= 0.6 is 0 Å². The molecule has 2 aromatic heterocycles. The van der Waals surface area contributed by atoms with E-state index < -0.39 is 37.0 Å². The highest BCUT2D eigenvalue weighted by Gasteiger charge is 2.50. The van der Waals surface area contributed by atoms with E-state index in [2.05, 4.69) is 62.9 Å². The monoisotopic (exact) mass is 1000 g/mol. The topological polar surface area (TPSA) is 205 Å². The molecule has 3 saturated heterocycles. The van der Waals surface area contributed by atoms with Gasteiger partial charge >= 0.3 is 0 Å². The van der Waals surface area contributed by atoms with Gasteiger partial charge in [-0.2, -0.15) is 4.98 Å². The predicted molar refractivity (Wildman–Crippen MR) is 275 cm³/mol. The maximum atomic E-state index is 14.7. The van der Waals surface area contributed by atoms with Crippen molar-refractivity contribution in [1.82, 2.24) is 19.6 Å². The number of amides is 1. The molecule has 1 amide bonds. The van der Waals surface area contributed by atoms with Crippen molar-refractivity contribution < 1.29 is 37.5 Å². The van der Waals surface area contributed by atoms with E-state index in [1.54, 1.807) is 6.07 Å². The summed E-state index contributed by atoms with van der Waals surface area (Å²) in [5.74, 6) is 0.129. The Hall–Kier alpha value is -5.79. The van der Waals surface area contributed by atoms with E-state index in [0.717, 1.165) is 81.9 Å². The second-order valence-electron chi connectivity index (χ2n) is 21.7. The average Bonchev–Trinajstić information content (AvgIpc) is 3.83. The second kappa shape index (κ2) is 19.2. The second-order valence-corrected chi connectivity index (χ2v) is 23.4. The minimum Gasteiger partial charge on any atom is -0.470 e. The van der Waals surface area contributed by atoms with Crippen molar-refractivity contribution in [1.29, 1.82) is 0 Å². The van der Waals surface area contributed by atoms with Crippen LogP contribution in [0, 0.1) is 21.4 Å². The molecule has 6 heterocycles. The third-order valence-electron chi connectivity index (χ3n) is 16.7. The van der Waals surface area contributed by atoms with Crippen LogP contribution in [0.1, 0.15) is 112 Å². The molecule has 382 valence electrons. The lowest BCUT2D eigenvalue weighted by Gasteiger charge is -2.57. The van der Waals surface area contributed by atoms with Crippen LogP contribution in [0.15, 0.2) is 83.9 Å². The van der Waals surface area contributed by atoms with Crippen LogP contribution in [0.25, 0.3) is 11.0 Å². The number of morpholine rings is 1. The number of hydrogen-bond acceptors (Lipinski definition) is 14. The number of sulfonamides is 1. The highest BCUT2D eigenvalue weighted by molar-refractivity contribution is 7.90. The SMILES string of the molecule is CC(C)c1ccccc1[C@@H]1COCCN1C1CC2(CCN(c3ccc(C(=O)NS(=O)(=O)c4ccc(NCC5CCC(C)(O)CC5)c([N+](=O)[O-])c4)c(N4c5cc6cc[nH]c6nc5O[C@@H]5CCOC[C@H]54)c3)CC2)C1. The molecular formula is C54H66N8O9S. The number of nitro benzene ring substituents is 1. The first-order valence-electron chi connectivity index (χ1n) is 25.8. The van der Waals surface area contributed by atoms with Gasteiger partial charge in [0.05, 0.1) is 65.2 Å². The van der Waals surface area contributed by atoms with Gasteiger partial charge in [0, 0.05) is 62.0 Å². The number of H-pyrrole nitrogens is 1. The Bertz CT molecular complexity index is 2950. The van der Waals surface area contributed by atoms with Gasteiger partial charge in [-0.1, -0.05) is 38.1 Å². The summed E-state index contributed by atoms with van der Waals surface area (Å²) in [6, 6.07) is 22.3. The summed E-state index contributed by atoms with van der Waals surface area (Å²) in [6.07, 6.45) is 9.18. The largest absolute Gasteiger partial charge is 0.470 e. The number of nitrogens with zero attached hydrogens (tertiary/aromatic N) is 5. The number of nitrogens with one attached hydrogen (secondary N) is 3. The van der Waals surface area contributed by atoms with Crippen molar-refractivity contribution in [2.24, 2.45) is 11.3 Å². The zero-order valence-corrected chi connectivity index (χ0v) is 42.2. The highest BCUT2D eigenvalue weighted by atomic mass is 32.2. The maximum Gasteiger partial charge on any atom is 0.293 e. The third-order valence-corrected chi connectivity index (χ3v) is 18.0. The molecule has 3 atom stereocenters. The van der Waals surface area contributed by atoms with Gasteiger partial charge in [0.25, 0.3) is 21.6 Å². The van der Waals surface area contributed by atoms with Crippen LogP contribution in [0.5, 0.6) is 5.88 Å². The van der Waals surface area contributed by atoms with Gasteiger partial charge in [-0.25, -0.2) is 13.1 Å². The van der Waals surface area contributed by atoms with Crippen LogP contribution in [-0.2, 0) is 19.5 Å². The summed E-state index contributed by atoms with van der Waals surface area (Å²) >= 11 is 0. The summed E-state index contributed by atoms with van der Waals surface area (Å²) in [5, 5.41) is 26.7. The molecule has 1 spiro atoms. The fourth-order valence-electron chi connectivity index (χ4n) is 12.5. The van der Waals surface area contributed by atoms with Crippen LogP contribution in [0.3, 0.4) is 0 Å². The van der Waals surface area contributed by atoms with Crippen molar-refractivity contribution >= 4 is 55.4 Å². The van der Waals surface area contributed by atoms with Gasteiger partial charge in [-0.15, -0.1) is 0 Å². The first kappa shape index (κ1) is 48.5. The third kappa shape index (κ3) is 9.40. The molecule has 6 aliphatic rings. The fraction of sp³-hybridized carbons (Fsp3) is 0.519. The fourth-order valence-corrected chi connectivity index (χ4v) is 13.5. The summed E-state index contributed by atoms with van der Waals surface area (Å²) in [6.45, 7) is 11.6. The Morgan fingerprint density at radius 2 is 1.72 bits per heavy atom. The molecule has 0 radical (unpaired) electrons. The lowest BCUT2D eigenvalue weighted by Crippen LogP contribution is -2.58. The van der Waals surface area contributed by atoms with Crippen LogP contribution < -0.4 is 24.6 Å². The number of carbonyl (C=O) groups excluding carboxylic acids is 1. The van der Waals surface area contributed by atoms with Crippen LogP contribution in [0.2, 0.25) is 0 Å². The number of pyridine rings is 1. The molecule has 5 fully saturated rings. The predicted octanol–water partition coefficient (Wildman–Crippen LogP) is 8.58. The number of ether oxygens (including phenoxy) is 3. The molecular weight excluding hydrogens is 937 g/mol. The Morgan fingerprint density at radius 1 is 0.944 bits per heavy atom. The zero-order valence-electron chi connectivity index (χ0n) is 41.3. The molecule has 11 rings (SSSR count). The van der Waals surface area contributed by atoms with Gasteiger partial charge in [0.2, 0.25) is 5.88 Å². The van der Waals surface area contributed by atoms with Gasteiger partial charge < -0.3 is 39.4 Å². The number of nitro groups is 1. The van der Waals surface area contributed by atoms with Crippen LogP contribution in [-0.4, -0.2) is 116 Å². The summed E-state index contributed by atoms with van der Waals surface area (Å²) in [4.78, 5) is 41.2. The van der Waals surface area contributed by atoms with Crippen molar-refractivity contribution in [3.63, 3.8) is 0 Å². The minimum absolute atomic E-state index is 0.0994. The number of rotatable bonds is 12. The molecule has 4 N–H and O–H groups in total. The smallest absolute Gasteiger partial charge is 0.293 e. The Labute approximate surface area is 420 Å². The van der Waals surface area contributed by atoms with E-state index in [9.17, 15) is 28.4 Å².